The zero-order valence-electron chi connectivity index (χ0n) is 15.5. The number of thioether (sulfide) groups is 1. The predicted octanol–water partition coefficient (Wildman–Crippen LogP) is 2.37. The van der Waals surface area contributed by atoms with Gasteiger partial charge in [0.15, 0.2) is 6.61 Å². The Bertz CT molecular complexity index is 892. The fraction of sp³-hybridized carbons (Fsp3) is 0.421. The van der Waals surface area contributed by atoms with Crippen LogP contribution in [0.4, 0.5) is 0 Å². The molecule has 0 saturated carbocycles. The fourth-order valence-electron chi connectivity index (χ4n) is 2.73. The van der Waals surface area contributed by atoms with Gasteiger partial charge in [-0.15, -0.1) is 0 Å². The number of benzene rings is 1. The van der Waals surface area contributed by atoms with E-state index in [2.05, 4.69) is 5.32 Å². The molecule has 27 heavy (non-hydrogen) atoms. The van der Waals surface area contributed by atoms with E-state index < -0.39 is 23.5 Å². The van der Waals surface area contributed by atoms with Crippen LogP contribution in [0, 0.1) is 6.92 Å². The third-order valence-electron chi connectivity index (χ3n) is 4.18. The van der Waals surface area contributed by atoms with E-state index in [1.54, 1.807) is 19.1 Å². The van der Waals surface area contributed by atoms with Gasteiger partial charge in [0.2, 0.25) is 0 Å². The molecule has 146 valence electrons. The van der Waals surface area contributed by atoms with E-state index in [-0.39, 0.29) is 6.61 Å². The lowest BCUT2D eigenvalue weighted by Crippen LogP contribution is -2.43. The van der Waals surface area contributed by atoms with Crippen LogP contribution in [-0.2, 0) is 16.0 Å². The van der Waals surface area contributed by atoms with E-state index in [1.807, 2.05) is 13.2 Å². The number of rotatable bonds is 9. The molecule has 2 N–H and O–H groups in total. The zero-order valence-corrected chi connectivity index (χ0v) is 16.4. The standard InChI is InChI=1S/C19H23NO6S/c1-4-12-9-17(22)26-18-11(2)15(6-5-13(12)18)25-10-16(21)20-14(19(23)24)7-8-27-3/h5-6,9,14H,4,7-8,10H2,1-3H3,(H,20,21)(H,23,24)/t14-/m0/s1. The maximum Gasteiger partial charge on any atom is 0.336 e. The summed E-state index contributed by atoms with van der Waals surface area (Å²) >= 11 is 1.51. The molecule has 0 unspecified atom stereocenters. The van der Waals surface area contributed by atoms with Crippen LogP contribution in [0.5, 0.6) is 5.75 Å². The van der Waals surface area contributed by atoms with E-state index in [1.165, 1.54) is 17.8 Å². The molecule has 2 rings (SSSR count). The maximum atomic E-state index is 12.0. The van der Waals surface area contributed by atoms with E-state index in [0.717, 1.165) is 10.9 Å². The van der Waals surface area contributed by atoms with Crippen molar-refractivity contribution in [1.29, 1.82) is 0 Å². The average Bonchev–Trinajstić information content (AvgIpc) is 2.64. The van der Waals surface area contributed by atoms with Crippen molar-refractivity contribution >= 4 is 34.6 Å². The highest BCUT2D eigenvalue weighted by atomic mass is 32.2. The second-order valence-electron chi connectivity index (χ2n) is 6.04. The molecule has 1 aromatic carbocycles. The molecule has 0 aliphatic heterocycles. The largest absolute Gasteiger partial charge is 0.483 e. The monoisotopic (exact) mass is 393 g/mol. The summed E-state index contributed by atoms with van der Waals surface area (Å²) in [4.78, 5) is 35.0. The summed E-state index contributed by atoms with van der Waals surface area (Å²) in [5.41, 5.74) is 1.49. The Morgan fingerprint density at radius 2 is 2.11 bits per heavy atom. The first-order valence-electron chi connectivity index (χ1n) is 8.57. The van der Waals surface area contributed by atoms with Crippen LogP contribution in [-0.4, -0.2) is 41.6 Å². The second-order valence-corrected chi connectivity index (χ2v) is 7.02. The van der Waals surface area contributed by atoms with Crippen LogP contribution >= 0.6 is 11.8 Å². The van der Waals surface area contributed by atoms with E-state index in [0.29, 0.717) is 35.5 Å². The SMILES string of the molecule is CCc1cc(=O)oc2c(C)c(OCC(=O)N[C@@H](CCSC)C(=O)O)ccc12. The Hall–Kier alpha value is -2.48. The molecular weight excluding hydrogens is 370 g/mol. The highest BCUT2D eigenvalue weighted by Crippen LogP contribution is 2.28. The molecule has 2 aromatic rings. The molecule has 1 aromatic heterocycles. The van der Waals surface area contributed by atoms with Crippen molar-refractivity contribution in [3.05, 3.63) is 39.7 Å². The Balaban J connectivity index is 2.12. The Morgan fingerprint density at radius 1 is 1.37 bits per heavy atom. The van der Waals surface area contributed by atoms with Crippen LogP contribution in [0.15, 0.2) is 27.4 Å². The molecule has 0 fully saturated rings. The molecule has 0 saturated heterocycles. The lowest BCUT2D eigenvalue weighted by Gasteiger charge is -2.15. The maximum absolute atomic E-state index is 12.0. The number of aryl methyl sites for hydroxylation is 2. The molecule has 0 bridgehead atoms. The number of carboxylic acids is 1. The Kier molecular flexibility index (Phi) is 7.29. The summed E-state index contributed by atoms with van der Waals surface area (Å²) in [6, 6.07) is 4.02. The summed E-state index contributed by atoms with van der Waals surface area (Å²) in [5, 5.41) is 12.4. The quantitative estimate of drug-likeness (QED) is 0.630. The van der Waals surface area contributed by atoms with Crippen molar-refractivity contribution in [2.75, 3.05) is 18.6 Å². The van der Waals surface area contributed by atoms with E-state index in [4.69, 9.17) is 14.3 Å². The third-order valence-corrected chi connectivity index (χ3v) is 4.82. The van der Waals surface area contributed by atoms with Crippen molar-refractivity contribution < 1.29 is 23.8 Å². The van der Waals surface area contributed by atoms with Crippen LogP contribution in [0.1, 0.15) is 24.5 Å². The van der Waals surface area contributed by atoms with Gasteiger partial charge in [-0.2, -0.15) is 11.8 Å². The molecule has 1 heterocycles. The highest BCUT2D eigenvalue weighted by Gasteiger charge is 2.20. The first kappa shape index (κ1) is 20.8. The van der Waals surface area contributed by atoms with Gasteiger partial charge in [-0.1, -0.05) is 6.92 Å². The summed E-state index contributed by atoms with van der Waals surface area (Å²) < 4.78 is 10.8. The van der Waals surface area contributed by atoms with Gasteiger partial charge in [0.25, 0.3) is 5.91 Å². The number of hydrogen-bond acceptors (Lipinski definition) is 6. The van der Waals surface area contributed by atoms with Crippen molar-refractivity contribution in [3.8, 4) is 5.75 Å². The van der Waals surface area contributed by atoms with Crippen molar-refractivity contribution in [1.82, 2.24) is 5.32 Å². The minimum Gasteiger partial charge on any atom is -0.483 e. The molecule has 0 aliphatic carbocycles. The number of carbonyl (C=O) groups excluding carboxylic acids is 1. The molecule has 7 nitrogen and oxygen atoms in total. The molecule has 0 spiro atoms. The number of aliphatic carboxylic acids is 1. The van der Waals surface area contributed by atoms with Gasteiger partial charge in [-0.25, -0.2) is 9.59 Å². The summed E-state index contributed by atoms with van der Waals surface area (Å²) in [5.74, 6) is -0.564. The zero-order chi connectivity index (χ0) is 20.0. The molecule has 0 radical (unpaired) electrons. The Morgan fingerprint density at radius 3 is 2.74 bits per heavy atom. The number of amides is 1. The van der Waals surface area contributed by atoms with Crippen LogP contribution in [0.3, 0.4) is 0 Å². The second kappa shape index (κ2) is 9.45. The van der Waals surface area contributed by atoms with E-state index in [9.17, 15) is 14.4 Å². The average molecular weight is 393 g/mol. The summed E-state index contributed by atoms with van der Waals surface area (Å²) in [6.07, 6.45) is 2.90. The predicted molar refractivity (Wildman–Crippen MR) is 105 cm³/mol. The third kappa shape index (κ3) is 5.26. The van der Waals surface area contributed by atoms with Crippen LogP contribution in [0.25, 0.3) is 11.0 Å². The molecular formula is C19H23NO6S. The molecule has 0 aliphatic rings. The summed E-state index contributed by atoms with van der Waals surface area (Å²) in [7, 11) is 0. The number of ether oxygens (including phenoxy) is 1. The number of hydrogen-bond donors (Lipinski definition) is 2. The van der Waals surface area contributed by atoms with Crippen molar-refractivity contribution in [2.45, 2.75) is 32.7 Å². The molecule has 1 amide bonds. The molecule has 1 atom stereocenters. The van der Waals surface area contributed by atoms with Gasteiger partial charge in [-0.3, -0.25) is 4.79 Å². The number of nitrogens with one attached hydrogen (secondary N) is 1. The topological polar surface area (TPSA) is 106 Å². The minimum atomic E-state index is -1.08. The lowest BCUT2D eigenvalue weighted by atomic mass is 10.0. The van der Waals surface area contributed by atoms with Crippen LogP contribution < -0.4 is 15.7 Å². The van der Waals surface area contributed by atoms with Gasteiger partial charge in [0, 0.05) is 17.0 Å². The fourth-order valence-corrected chi connectivity index (χ4v) is 3.20. The first-order valence-corrected chi connectivity index (χ1v) is 9.97. The Labute approximate surface area is 161 Å². The van der Waals surface area contributed by atoms with E-state index >= 15 is 0 Å². The van der Waals surface area contributed by atoms with Gasteiger partial charge < -0.3 is 19.6 Å². The number of carboxylic acid groups (broad SMARTS) is 1. The van der Waals surface area contributed by atoms with Crippen molar-refractivity contribution in [2.24, 2.45) is 0 Å². The smallest absolute Gasteiger partial charge is 0.336 e. The normalized spacial score (nSPS) is 12.0. The first-order chi connectivity index (χ1) is 12.9. The van der Waals surface area contributed by atoms with Gasteiger partial charge in [-0.05, 0) is 49.5 Å². The van der Waals surface area contributed by atoms with Gasteiger partial charge in [0.05, 0.1) is 0 Å². The number of fused-ring (bicyclic) bond motifs is 1. The lowest BCUT2D eigenvalue weighted by molar-refractivity contribution is -0.142. The van der Waals surface area contributed by atoms with Gasteiger partial charge in [0.1, 0.15) is 17.4 Å². The van der Waals surface area contributed by atoms with Crippen molar-refractivity contribution in [3.63, 3.8) is 0 Å². The van der Waals surface area contributed by atoms with Gasteiger partial charge >= 0.3 is 11.6 Å². The summed E-state index contributed by atoms with van der Waals surface area (Å²) in [6.45, 7) is 3.37. The highest BCUT2D eigenvalue weighted by molar-refractivity contribution is 7.98. The molecule has 8 heteroatoms. The number of carbonyl (C=O) groups is 2. The van der Waals surface area contributed by atoms with Crippen LogP contribution in [0.2, 0.25) is 0 Å². The minimum absolute atomic E-state index is 0.326.